The fraction of sp³-hybridized carbons (Fsp3) is 0.208. The summed E-state index contributed by atoms with van der Waals surface area (Å²) in [5.41, 5.74) is 3.17. The van der Waals surface area contributed by atoms with Gasteiger partial charge in [-0.15, -0.1) is 0 Å². The van der Waals surface area contributed by atoms with E-state index in [-0.39, 0.29) is 5.56 Å². The maximum absolute atomic E-state index is 13.0. The zero-order chi connectivity index (χ0) is 22.8. The largest absolute Gasteiger partial charge is 0.497 e. The van der Waals surface area contributed by atoms with E-state index in [0.717, 1.165) is 22.4 Å². The molecule has 0 aliphatic heterocycles. The summed E-state index contributed by atoms with van der Waals surface area (Å²) in [6.45, 7) is 0.433. The van der Waals surface area contributed by atoms with Crippen molar-refractivity contribution < 1.29 is 19.0 Å². The molecule has 2 aromatic carbocycles. The van der Waals surface area contributed by atoms with Crippen molar-refractivity contribution in [3.8, 4) is 28.4 Å². The monoisotopic (exact) mass is 433 g/mol. The number of rotatable bonds is 7. The van der Waals surface area contributed by atoms with Crippen LogP contribution in [0, 0.1) is 0 Å². The zero-order valence-corrected chi connectivity index (χ0v) is 18.3. The van der Waals surface area contributed by atoms with Crippen LogP contribution in [-0.2, 0) is 13.6 Å². The number of methoxy groups -OCH3 is 3. The summed E-state index contributed by atoms with van der Waals surface area (Å²) in [5, 5.41) is 5.19. The molecule has 0 saturated carbocycles. The number of aldehydes is 1. The predicted octanol–water partition coefficient (Wildman–Crippen LogP) is 3.29. The number of carbonyl (C=O) groups excluding carboxylic acids is 1. The van der Waals surface area contributed by atoms with Gasteiger partial charge in [0.1, 0.15) is 22.8 Å². The minimum Gasteiger partial charge on any atom is -0.497 e. The molecule has 0 fully saturated rings. The summed E-state index contributed by atoms with van der Waals surface area (Å²) in [5.74, 6) is 1.54. The van der Waals surface area contributed by atoms with Crippen molar-refractivity contribution in [3.63, 3.8) is 0 Å². The smallest absolute Gasteiger partial charge is 0.276 e. The van der Waals surface area contributed by atoms with Crippen LogP contribution in [0.25, 0.3) is 22.0 Å². The van der Waals surface area contributed by atoms with Gasteiger partial charge in [-0.05, 0) is 35.4 Å². The van der Waals surface area contributed by atoms with E-state index < -0.39 is 0 Å². The van der Waals surface area contributed by atoms with Gasteiger partial charge in [-0.3, -0.25) is 14.3 Å². The number of aryl methyl sites for hydroxylation is 1. The number of aromatic nitrogens is 3. The zero-order valence-electron chi connectivity index (χ0n) is 18.3. The topological polar surface area (TPSA) is 84.6 Å². The van der Waals surface area contributed by atoms with Crippen LogP contribution in [0.4, 0.5) is 0 Å². The van der Waals surface area contributed by atoms with Crippen molar-refractivity contribution in [2.75, 3.05) is 21.3 Å². The highest BCUT2D eigenvalue weighted by Crippen LogP contribution is 2.36. The molecule has 0 spiro atoms. The fourth-order valence-corrected chi connectivity index (χ4v) is 3.76. The minimum absolute atomic E-state index is 0.154. The van der Waals surface area contributed by atoms with E-state index in [1.54, 1.807) is 43.4 Å². The first-order chi connectivity index (χ1) is 15.5. The molecule has 2 heterocycles. The van der Waals surface area contributed by atoms with Crippen LogP contribution in [0.5, 0.6) is 17.2 Å². The highest BCUT2D eigenvalue weighted by atomic mass is 16.5. The maximum atomic E-state index is 13.0. The van der Waals surface area contributed by atoms with Crippen molar-refractivity contribution in [1.82, 2.24) is 14.3 Å². The first kappa shape index (κ1) is 21.2. The van der Waals surface area contributed by atoms with Gasteiger partial charge in [0.05, 0.1) is 39.6 Å². The van der Waals surface area contributed by atoms with Gasteiger partial charge < -0.3 is 18.8 Å². The van der Waals surface area contributed by atoms with Crippen LogP contribution < -0.4 is 19.8 Å². The van der Waals surface area contributed by atoms with E-state index in [2.05, 4.69) is 5.10 Å². The fourth-order valence-electron chi connectivity index (χ4n) is 3.76. The Morgan fingerprint density at radius 3 is 2.22 bits per heavy atom. The van der Waals surface area contributed by atoms with E-state index in [1.807, 2.05) is 24.3 Å². The summed E-state index contributed by atoms with van der Waals surface area (Å²) in [6.07, 6.45) is 4.13. The van der Waals surface area contributed by atoms with Crippen molar-refractivity contribution in [2.24, 2.45) is 7.05 Å². The molecule has 0 amide bonds. The highest BCUT2D eigenvalue weighted by Gasteiger charge is 2.18. The second kappa shape index (κ2) is 8.58. The third kappa shape index (κ3) is 3.60. The Balaban J connectivity index is 1.88. The molecule has 0 saturated heterocycles. The summed E-state index contributed by atoms with van der Waals surface area (Å²) in [7, 11) is 6.31. The van der Waals surface area contributed by atoms with E-state index in [0.29, 0.717) is 40.8 Å². The third-order valence-electron chi connectivity index (χ3n) is 5.44. The molecule has 0 atom stereocenters. The molecule has 0 bridgehead atoms. The molecule has 0 N–H and O–H groups in total. The van der Waals surface area contributed by atoms with Gasteiger partial charge in [0.25, 0.3) is 5.56 Å². The second-order valence-electron chi connectivity index (χ2n) is 7.28. The highest BCUT2D eigenvalue weighted by molar-refractivity contribution is 5.96. The van der Waals surface area contributed by atoms with Gasteiger partial charge in [-0.1, -0.05) is 12.1 Å². The lowest BCUT2D eigenvalue weighted by Crippen LogP contribution is -2.20. The van der Waals surface area contributed by atoms with Crippen molar-refractivity contribution in [1.29, 1.82) is 0 Å². The standard InChI is InChI=1S/C24H23N3O5/c1-26-13-19(16-9-21(31-3)20(14-28)22(10-16)32-4)18-11-25-27(23(18)24(26)29)12-15-5-7-17(30-2)8-6-15/h5-11,13-14H,12H2,1-4H3. The van der Waals surface area contributed by atoms with Crippen LogP contribution in [0.3, 0.4) is 0 Å². The summed E-state index contributed by atoms with van der Waals surface area (Å²) in [4.78, 5) is 24.5. The number of ether oxygens (including phenoxy) is 3. The molecule has 8 nitrogen and oxygen atoms in total. The van der Waals surface area contributed by atoms with Crippen molar-refractivity contribution >= 4 is 17.2 Å². The van der Waals surface area contributed by atoms with E-state index in [1.165, 1.54) is 18.8 Å². The van der Waals surface area contributed by atoms with E-state index in [4.69, 9.17) is 14.2 Å². The Morgan fingerprint density at radius 2 is 1.66 bits per heavy atom. The van der Waals surface area contributed by atoms with Crippen LogP contribution in [0.1, 0.15) is 15.9 Å². The molecule has 0 aliphatic carbocycles. The molecule has 4 rings (SSSR count). The van der Waals surface area contributed by atoms with Gasteiger partial charge in [-0.25, -0.2) is 0 Å². The van der Waals surface area contributed by atoms with Crippen molar-refractivity contribution in [3.05, 3.63) is 70.3 Å². The number of hydrogen-bond donors (Lipinski definition) is 0. The molecule has 0 aliphatic rings. The average Bonchev–Trinajstić information content (AvgIpc) is 3.24. The molecule has 2 aromatic heterocycles. The molecule has 0 unspecified atom stereocenters. The maximum Gasteiger partial charge on any atom is 0.276 e. The average molecular weight is 433 g/mol. The molecule has 0 radical (unpaired) electrons. The lowest BCUT2D eigenvalue weighted by Gasteiger charge is -2.13. The minimum atomic E-state index is -0.154. The van der Waals surface area contributed by atoms with Crippen LogP contribution in [-0.4, -0.2) is 42.0 Å². The number of fused-ring (bicyclic) bond motifs is 1. The number of nitrogens with zero attached hydrogens (tertiary/aromatic N) is 3. The Bertz CT molecular complexity index is 1330. The first-order valence-corrected chi connectivity index (χ1v) is 9.90. The van der Waals surface area contributed by atoms with Gasteiger partial charge in [-0.2, -0.15) is 5.10 Å². The third-order valence-corrected chi connectivity index (χ3v) is 5.44. The number of pyridine rings is 1. The Kier molecular flexibility index (Phi) is 5.68. The SMILES string of the molecule is COc1ccc(Cn2ncc3c(-c4cc(OC)c(C=O)c(OC)c4)cn(C)c(=O)c32)cc1. The quantitative estimate of drug-likeness (QED) is 0.416. The molecular formula is C24H23N3O5. The molecule has 164 valence electrons. The molecule has 4 aromatic rings. The van der Waals surface area contributed by atoms with Crippen LogP contribution >= 0.6 is 0 Å². The number of carbonyl (C=O) groups is 1. The Morgan fingerprint density at radius 1 is 1.00 bits per heavy atom. The molecule has 8 heteroatoms. The summed E-state index contributed by atoms with van der Waals surface area (Å²) < 4.78 is 19.2. The van der Waals surface area contributed by atoms with Crippen molar-refractivity contribution in [2.45, 2.75) is 6.54 Å². The molecule has 32 heavy (non-hydrogen) atoms. The van der Waals surface area contributed by atoms with Gasteiger partial charge in [0, 0.05) is 24.2 Å². The normalized spacial score (nSPS) is 10.9. The number of benzene rings is 2. The molecular weight excluding hydrogens is 410 g/mol. The second-order valence-corrected chi connectivity index (χ2v) is 7.28. The lowest BCUT2D eigenvalue weighted by atomic mass is 10.0. The summed E-state index contributed by atoms with van der Waals surface area (Å²) in [6, 6.07) is 11.1. The van der Waals surface area contributed by atoms with E-state index in [9.17, 15) is 9.59 Å². The van der Waals surface area contributed by atoms with E-state index >= 15 is 0 Å². The predicted molar refractivity (Wildman–Crippen MR) is 121 cm³/mol. The van der Waals surface area contributed by atoms with Crippen LogP contribution in [0.2, 0.25) is 0 Å². The first-order valence-electron chi connectivity index (χ1n) is 9.90. The van der Waals surface area contributed by atoms with Gasteiger partial charge >= 0.3 is 0 Å². The Labute approximate surface area is 184 Å². The Hall–Kier alpha value is -4.07. The van der Waals surface area contributed by atoms with Crippen LogP contribution in [0.15, 0.2) is 53.6 Å². The summed E-state index contributed by atoms with van der Waals surface area (Å²) >= 11 is 0. The lowest BCUT2D eigenvalue weighted by molar-refractivity contribution is 0.111. The number of hydrogen-bond acceptors (Lipinski definition) is 6. The van der Waals surface area contributed by atoms with Gasteiger partial charge in [0.15, 0.2) is 6.29 Å². The van der Waals surface area contributed by atoms with Gasteiger partial charge in [0.2, 0.25) is 0 Å².